The lowest BCUT2D eigenvalue weighted by atomic mass is 10.2. The molecule has 1 saturated heterocycles. The Labute approximate surface area is 165 Å². The van der Waals surface area contributed by atoms with Gasteiger partial charge in [0, 0.05) is 39.3 Å². The first kappa shape index (κ1) is 21.1. The Kier molecular flexibility index (Phi) is 5.80. The van der Waals surface area contributed by atoms with Crippen molar-refractivity contribution in [2.45, 2.75) is 18.0 Å². The molecular formula is C18H18F3N3O4S. The van der Waals surface area contributed by atoms with Crippen molar-refractivity contribution in [3.05, 3.63) is 48.2 Å². The fourth-order valence-corrected chi connectivity index (χ4v) is 4.48. The predicted octanol–water partition coefficient (Wildman–Crippen LogP) is 2.54. The molecular weight excluding hydrogens is 411 g/mol. The number of carbonyl (C=O) groups is 1. The van der Waals surface area contributed by atoms with Gasteiger partial charge in [-0.05, 0) is 24.3 Å². The van der Waals surface area contributed by atoms with Gasteiger partial charge in [-0.2, -0.15) is 17.5 Å². The zero-order chi connectivity index (χ0) is 21.2. The van der Waals surface area contributed by atoms with Crippen LogP contribution in [0.3, 0.4) is 0 Å². The molecule has 0 aliphatic carbocycles. The fraction of sp³-hybridized carbons (Fsp3) is 0.333. The van der Waals surface area contributed by atoms with E-state index in [1.807, 2.05) is 0 Å². The van der Waals surface area contributed by atoms with Crippen molar-refractivity contribution in [2.24, 2.45) is 0 Å². The van der Waals surface area contributed by atoms with Crippen LogP contribution in [0, 0.1) is 0 Å². The number of carbonyl (C=O) groups excluding carboxylic acids is 1. The predicted molar refractivity (Wildman–Crippen MR) is 98.0 cm³/mol. The van der Waals surface area contributed by atoms with E-state index in [-0.39, 0.29) is 36.8 Å². The summed E-state index contributed by atoms with van der Waals surface area (Å²) in [6, 6.07) is 8.06. The average Bonchev–Trinajstić information content (AvgIpc) is 2.67. The van der Waals surface area contributed by atoms with E-state index >= 15 is 0 Å². The van der Waals surface area contributed by atoms with Crippen LogP contribution in [0.25, 0.3) is 0 Å². The number of para-hydroxylation sites is 1. The molecule has 0 spiro atoms. The zero-order valence-electron chi connectivity index (χ0n) is 15.4. The van der Waals surface area contributed by atoms with E-state index in [9.17, 15) is 26.4 Å². The van der Waals surface area contributed by atoms with Crippen molar-refractivity contribution in [1.82, 2.24) is 9.29 Å². The van der Waals surface area contributed by atoms with Crippen molar-refractivity contribution in [3.63, 3.8) is 0 Å². The van der Waals surface area contributed by atoms with E-state index in [0.717, 1.165) is 12.3 Å². The molecule has 1 aromatic heterocycles. The highest BCUT2D eigenvalue weighted by atomic mass is 32.2. The molecule has 0 saturated carbocycles. The summed E-state index contributed by atoms with van der Waals surface area (Å²) in [6.45, 7) is 1.92. The summed E-state index contributed by atoms with van der Waals surface area (Å²) in [5.41, 5.74) is -0.843. The third kappa shape index (κ3) is 4.67. The number of ether oxygens (including phenoxy) is 1. The number of aromatic nitrogens is 1. The second kappa shape index (κ2) is 7.99. The lowest BCUT2D eigenvalue weighted by Gasteiger charge is -2.34. The van der Waals surface area contributed by atoms with Crippen molar-refractivity contribution in [1.29, 1.82) is 0 Å². The Bertz CT molecular complexity index is 986. The first-order chi connectivity index (χ1) is 13.6. The number of pyridine rings is 1. The lowest BCUT2D eigenvalue weighted by molar-refractivity contribution is -0.137. The normalized spacial score (nSPS) is 15.9. The molecule has 0 bridgehead atoms. The van der Waals surface area contributed by atoms with Crippen LogP contribution >= 0.6 is 0 Å². The molecule has 1 aromatic carbocycles. The van der Waals surface area contributed by atoms with Gasteiger partial charge in [0.2, 0.25) is 10.0 Å². The van der Waals surface area contributed by atoms with Gasteiger partial charge in [-0.3, -0.25) is 4.79 Å². The summed E-state index contributed by atoms with van der Waals surface area (Å²) < 4.78 is 70.1. The van der Waals surface area contributed by atoms with Gasteiger partial charge < -0.3 is 9.64 Å². The van der Waals surface area contributed by atoms with Gasteiger partial charge in [0.1, 0.15) is 10.7 Å². The third-order valence-electron chi connectivity index (χ3n) is 4.36. The molecule has 0 N–H and O–H groups in total. The highest BCUT2D eigenvalue weighted by Crippen LogP contribution is 2.30. The molecule has 0 radical (unpaired) electrons. The molecule has 0 unspecified atom stereocenters. The van der Waals surface area contributed by atoms with Gasteiger partial charge in [-0.25, -0.2) is 13.4 Å². The summed E-state index contributed by atoms with van der Waals surface area (Å²) >= 11 is 0. The van der Waals surface area contributed by atoms with Crippen molar-refractivity contribution in [3.8, 4) is 5.75 Å². The number of rotatable bonds is 4. The SMILES string of the molecule is CC(=O)Oc1ccccc1S(=O)(=O)N1CCN(c2ccc(C(F)(F)F)cn2)CC1. The van der Waals surface area contributed by atoms with Crippen molar-refractivity contribution in [2.75, 3.05) is 31.1 Å². The maximum atomic E-state index is 13.0. The van der Waals surface area contributed by atoms with Gasteiger partial charge in [0.15, 0.2) is 5.75 Å². The molecule has 2 heterocycles. The minimum atomic E-state index is -4.46. The number of halogens is 3. The zero-order valence-corrected chi connectivity index (χ0v) is 16.2. The Hall–Kier alpha value is -2.66. The number of alkyl halides is 3. The molecule has 1 aliphatic rings. The Balaban J connectivity index is 1.73. The highest BCUT2D eigenvalue weighted by molar-refractivity contribution is 7.89. The summed E-state index contributed by atoms with van der Waals surface area (Å²) in [6.07, 6.45) is -3.71. The first-order valence-corrected chi connectivity index (χ1v) is 10.1. The molecule has 0 amide bonds. The van der Waals surface area contributed by atoms with Crippen LogP contribution < -0.4 is 9.64 Å². The van der Waals surface area contributed by atoms with Crippen LogP contribution in [0.4, 0.5) is 19.0 Å². The minimum Gasteiger partial charge on any atom is -0.425 e. The second-order valence-electron chi connectivity index (χ2n) is 6.33. The van der Waals surface area contributed by atoms with Crippen LogP contribution in [0.2, 0.25) is 0 Å². The number of esters is 1. The van der Waals surface area contributed by atoms with Crippen LogP contribution in [-0.2, 0) is 21.0 Å². The van der Waals surface area contributed by atoms with Gasteiger partial charge in [0.05, 0.1) is 5.56 Å². The summed E-state index contributed by atoms with van der Waals surface area (Å²) in [4.78, 5) is 16.7. The third-order valence-corrected chi connectivity index (χ3v) is 6.30. The minimum absolute atomic E-state index is 0.0492. The summed E-state index contributed by atoms with van der Waals surface area (Å²) in [7, 11) is -3.91. The maximum absolute atomic E-state index is 13.0. The van der Waals surface area contributed by atoms with Crippen molar-refractivity contribution >= 4 is 21.8 Å². The van der Waals surface area contributed by atoms with Crippen LogP contribution in [0.15, 0.2) is 47.5 Å². The smallest absolute Gasteiger partial charge is 0.417 e. The molecule has 2 aromatic rings. The Morgan fingerprint density at radius 2 is 1.72 bits per heavy atom. The quantitative estimate of drug-likeness (QED) is 0.549. The fourth-order valence-electron chi connectivity index (χ4n) is 2.94. The maximum Gasteiger partial charge on any atom is 0.417 e. The van der Waals surface area contributed by atoms with Crippen LogP contribution in [0.5, 0.6) is 5.75 Å². The second-order valence-corrected chi connectivity index (χ2v) is 8.24. The number of hydrogen-bond acceptors (Lipinski definition) is 6. The van der Waals surface area contributed by atoms with E-state index in [0.29, 0.717) is 5.82 Å². The molecule has 3 rings (SSSR count). The van der Waals surface area contributed by atoms with Gasteiger partial charge in [-0.1, -0.05) is 12.1 Å². The van der Waals surface area contributed by atoms with Crippen LogP contribution in [0.1, 0.15) is 12.5 Å². The number of anilines is 1. The van der Waals surface area contributed by atoms with E-state index in [1.165, 1.54) is 35.5 Å². The van der Waals surface area contributed by atoms with Crippen molar-refractivity contribution < 1.29 is 31.1 Å². The number of hydrogen-bond donors (Lipinski definition) is 0. The van der Waals surface area contributed by atoms with E-state index in [1.54, 1.807) is 11.0 Å². The van der Waals surface area contributed by atoms with E-state index in [2.05, 4.69) is 4.98 Å². The summed E-state index contributed by atoms with van der Waals surface area (Å²) in [5.74, 6) is -0.340. The number of sulfonamides is 1. The number of nitrogens with zero attached hydrogens (tertiary/aromatic N) is 3. The molecule has 11 heteroatoms. The molecule has 29 heavy (non-hydrogen) atoms. The van der Waals surface area contributed by atoms with Gasteiger partial charge in [0.25, 0.3) is 0 Å². The Morgan fingerprint density at radius 1 is 1.07 bits per heavy atom. The van der Waals surface area contributed by atoms with Crippen LogP contribution in [-0.4, -0.2) is 49.9 Å². The molecule has 1 aliphatic heterocycles. The molecule has 0 atom stereocenters. The monoisotopic (exact) mass is 429 g/mol. The standard InChI is InChI=1S/C18H18F3N3O4S/c1-13(25)28-15-4-2-3-5-16(15)29(26,27)24-10-8-23(9-11-24)17-7-6-14(12-22-17)18(19,20)21/h2-7,12H,8-11H2,1H3. The highest BCUT2D eigenvalue weighted by Gasteiger charge is 2.33. The topological polar surface area (TPSA) is 79.8 Å². The Morgan fingerprint density at radius 3 is 2.28 bits per heavy atom. The average molecular weight is 429 g/mol. The number of benzene rings is 1. The molecule has 7 nitrogen and oxygen atoms in total. The number of piperazine rings is 1. The first-order valence-electron chi connectivity index (χ1n) is 8.65. The van der Waals surface area contributed by atoms with E-state index < -0.39 is 27.7 Å². The van der Waals surface area contributed by atoms with Gasteiger partial charge in [-0.15, -0.1) is 0 Å². The summed E-state index contributed by atoms with van der Waals surface area (Å²) in [5, 5.41) is 0. The van der Waals surface area contributed by atoms with E-state index in [4.69, 9.17) is 4.74 Å². The largest absolute Gasteiger partial charge is 0.425 e. The molecule has 1 fully saturated rings. The lowest BCUT2D eigenvalue weighted by Crippen LogP contribution is -2.49. The van der Waals surface area contributed by atoms with Gasteiger partial charge >= 0.3 is 12.1 Å². The molecule has 156 valence electrons.